The minimum atomic E-state index is -0.245. The summed E-state index contributed by atoms with van der Waals surface area (Å²) in [6.45, 7) is 4.59. The van der Waals surface area contributed by atoms with Crippen molar-refractivity contribution >= 4 is 0 Å². The summed E-state index contributed by atoms with van der Waals surface area (Å²) in [5.41, 5.74) is 7.20. The van der Waals surface area contributed by atoms with Crippen molar-refractivity contribution in [3.63, 3.8) is 0 Å². The van der Waals surface area contributed by atoms with Crippen LogP contribution in [0, 0.1) is 0 Å². The second-order valence-electron chi connectivity index (χ2n) is 4.94. The van der Waals surface area contributed by atoms with Crippen LogP contribution < -0.4 is 15.2 Å². The summed E-state index contributed by atoms with van der Waals surface area (Å²) >= 11 is 0. The van der Waals surface area contributed by atoms with Gasteiger partial charge in [0.1, 0.15) is 6.10 Å². The van der Waals surface area contributed by atoms with Crippen LogP contribution in [0.5, 0.6) is 11.5 Å². The van der Waals surface area contributed by atoms with Crippen molar-refractivity contribution in [3.8, 4) is 11.5 Å². The predicted octanol–water partition coefficient (Wildman–Crippen LogP) is 2.68. The third-order valence-electron chi connectivity index (χ3n) is 3.32. The molecule has 0 radical (unpaired) electrons. The Labute approximate surface area is 125 Å². The molecule has 0 aliphatic carbocycles. The minimum Gasteiger partial charge on any atom is -0.490 e. The van der Waals surface area contributed by atoms with Gasteiger partial charge in [0.25, 0.3) is 0 Å². The van der Waals surface area contributed by atoms with E-state index in [0.717, 1.165) is 17.7 Å². The summed E-state index contributed by atoms with van der Waals surface area (Å²) in [5, 5.41) is 4.20. The number of aromatic nitrogens is 2. The van der Waals surface area contributed by atoms with Gasteiger partial charge in [0, 0.05) is 24.8 Å². The molecule has 5 nitrogen and oxygen atoms in total. The van der Waals surface area contributed by atoms with Gasteiger partial charge < -0.3 is 15.2 Å². The van der Waals surface area contributed by atoms with E-state index in [1.165, 1.54) is 0 Å². The normalized spacial score (nSPS) is 13.7. The molecule has 0 amide bonds. The Balaban J connectivity index is 2.27. The summed E-state index contributed by atoms with van der Waals surface area (Å²) in [5.74, 6) is 1.44. The highest BCUT2D eigenvalue weighted by atomic mass is 16.5. The molecule has 0 fully saturated rings. The molecule has 2 unspecified atom stereocenters. The summed E-state index contributed by atoms with van der Waals surface area (Å²) in [7, 11) is 1.88. The van der Waals surface area contributed by atoms with E-state index in [1.807, 2.05) is 51.4 Å². The molecule has 0 spiro atoms. The lowest BCUT2D eigenvalue weighted by Crippen LogP contribution is -2.31. The lowest BCUT2D eigenvalue weighted by atomic mass is 10.0. The number of rotatable bonds is 7. The Hall–Kier alpha value is -2.01. The molecule has 0 saturated carbocycles. The van der Waals surface area contributed by atoms with E-state index >= 15 is 0 Å². The molecule has 2 aromatic rings. The Bertz CT molecular complexity index is 568. The molecule has 21 heavy (non-hydrogen) atoms. The monoisotopic (exact) mass is 289 g/mol. The second kappa shape index (κ2) is 7.13. The van der Waals surface area contributed by atoms with E-state index in [1.54, 1.807) is 10.9 Å². The molecule has 2 rings (SSSR count). The number of ether oxygens (including phenoxy) is 2. The Morgan fingerprint density at radius 2 is 1.95 bits per heavy atom. The van der Waals surface area contributed by atoms with Gasteiger partial charge >= 0.3 is 0 Å². The minimum absolute atomic E-state index is 0.108. The Morgan fingerprint density at radius 3 is 2.52 bits per heavy atom. The average molecular weight is 289 g/mol. The lowest BCUT2D eigenvalue weighted by Gasteiger charge is -2.24. The first-order valence-electron chi connectivity index (χ1n) is 7.28. The molecular weight excluding hydrogens is 266 g/mol. The van der Waals surface area contributed by atoms with Crippen LogP contribution in [0.3, 0.4) is 0 Å². The van der Waals surface area contributed by atoms with Gasteiger partial charge in [-0.05, 0) is 25.5 Å². The zero-order chi connectivity index (χ0) is 15.2. The van der Waals surface area contributed by atoms with E-state index in [2.05, 4.69) is 5.10 Å². The van der Waals surface area contributed by atoms with Gasteiger partial charge in [-0.25, -0.2) is 0 Å². The van der Waals surface area contributed by atoms with Crippen LogP contribution in [-0.4, -0.2) is 22.4 Å². The van der Waals surface area contributed by atoms with Crippen molar-refractivity contribution in [3.05, 3.63) is 42.2 Å². The Kier molecular flexibility index (Phi) is 5.22. The molecule has 0 aliphatic heterocycles. The van der Waals surface area contributed by atoms with Crippen molar-refractivity contribution in [2.45, 2.75) is 32.4 Å². The van der Waals surface area contributed by atoms with Gasteiger partial charge in [0.05, 0.1) is 12.8 Å². The average Bonchev–Trinajstić information content (AvgIpc) is 2.92. The summed E-state index contributed by atoms with van der Waals surface area (Å²) < 4.78 is 13.5. The topological polar surface area (TPSA) is 62.3 Å². The fourth-order valence-electron chi connectivity index (χ4n) is 2.16. The van der Waals surface area contributed by atoms with Crippen LogP contribution in [0.2, 0.25) is 0 Å². The van der Waals surface area contributed by atoms with Crippen LogP contribution >= 0.6 is 0 Å². The number of hydrogen-bond acceptors (Lipinski definition) is 4. The highest BCUT2D eigenvalue weighted by Crippen LogP contribution is 2.32. The second-order valence-corrected chi connectivity index (χ2v) is 4.94. The smallest absolute Gasteiger partial charge is 0.162 e. The molecule has 1 aromatic heterocycles. The van der Waals surface area contributed by atoms with E-state index in [9.17, 15) is 0 Å². The number of nitrogens with two attached hydrogens (primary N) is 1. The van der Waals surface area contributed by atoms with E-state index in [0.29, 0.717) is 12.4 Å². The van der Waals surface area contributed by atoms with Crippen molar-refractivity contribution in [1.29, 1.82) is 0 Å². The van der Waals surface area contributed by atoms with Crippen molar-refractivity contribution < 1.29 is 9.47 Å². The maximum absolute atomic E-state index is 6.23. The SMILES string of the molecule is CCOc1ccccc1OC(c1cnn(C)c1)C(N)CC. The summed E-state index contributed by atoms with van der Waals surface area (Å²) in [6.07, 6.45) is 4.30. The molecule has 0 aliphatic rings. The molecule has 0 saturated heterocycles. The Morgan fingerprint density at radius 1 is 1.24 bits per heavy atom. The number of aryl methyl sites for hydroxylation is 1. The van der Waals surface area contributed by atoms with Crippen LogP contribution in [0.4, 0.5) is 0 Å². The van der Waals surface area contributed by atoms with Gasteiger partial charge in [-0.3, -0.25) is 4.68 Å². The van der Waals surface area contributed by atoms with E-state index in [-0.39, 0.29) is 12.1 Å². The number of benzene rings is 1. The zero-order valence-electron chi connectivity index (χ0n) is 12.8. The maximum atomic E-state index is 6.23. The molecule has 5 heteroatoms. The third kappa shape index (κ3) is 3.76. The van der Waals surface area contributed by atoms with Crippen LogP contribution in [-0.2, 0) is 7.05 Å². The van der Waals surface area contributed by atoms with Crippen molar-refractivity contribution in [2.24, 2.45) is 12.8 Å². The van der Waals surface area contributed by atoms with Gasteiger partial charge in [-0.1, -0.05) is 19.1 Å². The van der Waals surface area contributed by atoms with Gasteiger partial charge in [-0.15, -0.1) is 0 Å². The van der Waals surface area contributed by atoms with Crippen LogP contribution in [0.1, 0.15) is 31.9 Å². The highest BCUT2D eigenvalue weighted by molar-refractivity contribution is 5.40. The van der Waals surface area contributed by atoms with Gasteiger partial charge in [0.15, 0.2) is 11.5 Å². The molecule has 114 valence electrons. The fourth-order valence-corrected chi connectivity index (χ4v) is 2.16. The quantitative estimate of drug-likeness (QED) is 0.851. The molecule has 2 N–H and O–H groups in total. The maximum Gasteiger partial charge on any atom is 0.162 e. The highest BCUT2D eigenvalue weighted by Gasteiger charge is 2.23. The standard InChI is InChI=1S/C16H23N3O2/c1-4-13(17)16(12-10-18-19(3)11-12)21-15-9-7-6-8-14(15)20-5-2/h6-11,13,16H,4-5,17H2,1-3H3. The number of nitrogens with zero attached hydrogens (tertiary/aromatic N) is 2. The van der Waals surface area contributed by atoms with E-state index < -0.39 is 0 Å². The first-order chi connectivity index (χ1) is 10.2. The first-order valence-corrected chi connectivity index (χ1v) is 7.28. The molecule has 0 bridgehead atoms. The molecule has 1 aromatic carbocycles. The molecule has 1 heterocycles. The third-order valence-corrected chi connectivity index (χ3v) is 3.32. The van der Waals surface area contributed by atoms with Gasteiger partial charge in [0.2, 0.25) is 0 Å². The number of hydrogen-bond donors (Lipinski definition) is 1. The van der Waals surface area contributed by atoms with Crippen molar-refractivity contribution in [1.82, 2.24) is 9.78 Å². The van der Waals surface area contributed by atoms with Gasteiger partial charge in [-0.2, -0.15) is 5.10 Å². The van der Waals surface area contributed by atoms with Crippen molar-refractivity contribution in [2.75, 3.05) is 6.61 Å². The van der Waals surface area contributed by atoms with E-state index in [4.69, 9.17) is 15.2 Å². The zero-order valence-corrected chi connectivity index (χ0v) is 12.8. The van der Waals surface area contributed by atoms with Crippen LogP contribution in [0.25, 0.3) is 0 Å². The summed E-state index contributed by atoms with van der Waals surface area (Å²) in [4.78, 5) is 0. The predicted molar refractivity (Wildman–Crippen MR) is 82.5 cm³/mol. The summed E-state index contributed by atoms with van der Waals surface area (Å²) in [6, 6.07) is 7.54. The molecular formula is C16H23N3O2. The molecule has 2 atom stereocenters. The number of para-hydroxylation sites is 2. The lowest BCUT2D eigenvalue weighted by molar-refractivity contribution is 0.162. The van der Waals surface area contributed by atoms with Crippen LogP contribution in [0.15, 0.2) is 36.7 Å². The fraction of sp³-hybridized carbons (Fsp3) is 0.438. The largest absolute Gasteiger partial charge is 0.490 e. The first kappa shape index (κ1) is 15.4.